The Hall–Kier alpha value is -2.26. The number of nitrogens with one attached hydrogen (secondary N) is 2. The van der Waals surface area contributed by atoms with Crippen LogP contribution in [0.4, 0.5) is 0 Å². The molecule has 1 aromatic heterocycles. The van der Waals surface area contributed by atoms with Crippen LogP contribution in [-0.2, 0) is 11.8 Å². The molecule has 3 nitrogen and oxygen atoms in total. The van der Waals surface area contributed by atoms with Gasteiger partial charge in [0.1, 0.15) is 5.75 Å². The summed E-state index contributed by atoms with van der Waals surface area (Å²) in [5.74, 6) is 0.950. The molecule has 2 N–H and O–H groups in total. The molecule has 2 heterocycles. The third-order valence-corrected chi connectivity index (χ3v) is 6.31. The maximum Gasteiger partial charge on any atom is 0.124 e. The van der Waals surface area contributed by atoms with E-state index in [1.54, 1.807) is 7.11 Å². The monoisotopic (exact) mass is 362 g/mol. The predicted molar refractivity (Wildman–Crippen MR) is 113 cm³/mol. The van der Waals surface area contributed by atoms with Crippen molar-refractivity contribution in [2.45, 2.75) is 52.0 Å². The van der Waals surface area contributed by atoms with Crippen LogP contribution in [0.25, 0.3) is 10.9 Å². The third-order valence-electron chi connectivity index (χ3n) is 6.31. The molecule has 1 unspecified atom stereocenters. The molecule has 0 bridgehead atoms. The molecule has 0 saturated carbocycles. The van der Waals surface area contributed by atoms with Crippen molar-refractivity contribution in [3.8, 4) is 5.75 Å². The number of hydrogen-bond acceptors (Lipinski definition) is 2. The minimum absolute atomic E-state index is 0.129. The molecule has 0 spiro atoms. The van der Waals surface area contributed by atoms with Crippen LogP contribution < -0.4 is 10.1 Å². The van der Waals surface area contributed by atoms with E-state index in [2.05, 4.69) is 74.4 Å². The number of hydrogen-bond donors (Lipinski definition) is 2. The van der Waals surface area contributed by atoms with Gasteiger partial charge in [0, 0.05) is 28.7 Å². The molecule has 0 saturated heterocycles. The van der Waals surface area contributed by atoms with E-state index in [0.717, 1.165) is 25.1 Å². The molecule has 2 aromatic carbocycles. The largest absolute Gasteiger partial charge is 0.496 e. The fraction of sp³-hybridized carbons (Fsp3) is 0.417. The quantitative estimate of drug-likeness (QED) is 0.651. The van der Waals surface area contributed by atoms with Gasteiger partial charge in [-0.15, -0.1) is 0 Å². The Balaban J connectivity index is 1.88. The van der Waals surface area contributed by atoms with Gasteiger partial charge in [0.15, 0.2) is 0 Å². The first-order valence-electron chi connectivity index (χ1n) is 9.97. The average Bonchev–Trinajstić information content (AvgIpc) is 3.05. The van der Waals surface area contributed by atoms with Crippen LogP contribution in [0.2, 0.25) is 0 Å². The van der Waals surface area contributed by atoms with E-state index in [9.17, 15) is 0 Å². The highest BCUT2D eigenvalue weighted by molar-refractivity contribution is 5.86. The summed E-state index contributed by atoms with van der Waals surface area (Å²) in [7, 11) is 1.77. The Morgan fingerprint density at radius 1 is 1.15 bits per heavy atom. The predicted octanol–water partition coefficient (Wildman–Crippen LogP) is 5.41. The number of rotatable bonds is 4. The van der Waals surface area contributed by atoms with E-state index in [1.807, 2.05) is 0 Å². The number of aryl methyl sites for hydroxylation is 1. The van der Waals surface area contributed by atoms with Gasteiger partial charge in [-0.2, -0.15) is 0 Å². The zero-order chi connectivity index (χ0) is 19.2. The number of H-pyrrole nitrogens is 1. The summed E-state index contributed by atoms with van der Waals surface area (Å²) >= 11 is 0. The summed E-state index contributed by atoms with van der Waals surface area (Å²) in [6.45, 7) is 10.0. The van der Waals surface area contributed by atoms with Crippen molar-refractivity contribution in [3.05, 3.63) is 64.3 Å². The van der Waals surface area contributed by atoms with Gasteiger partial charge in [-0.1, -0.05) is 38.5 Å². The molecule has 142 valence electrons. The second kappa shape index (κ2) is 6.72. The van der Waals surface area contributed by atoms with Crippen LogP contribution >= 0.6 is 0 Å². The Morgan fingerprint density at radius 2 is 1.96 bits per heavy atom. The molecule has 1 aliphatic heterocycles. The molecular weight excluding hydrogens is 332 g/mol. The number of aromatic nitrogens is 1. The Labute approximate surface area is 162 Å². The number of benzene rings is 2. The topological polar surface area (TPSA) is 37.0 Å². The van der Waals surface area contributed by atoms with Gasteiger partial charge in [-0.05, 0) is 60.6 Å². The van der Waals surface area contributed by atoms with E-state index in [1.165, 1.54) is 38.9 Å². The second-order valence-corrected chi connectivity index (χ2v) is 8.40. The molecule has 1 aliphatic rings. The number of aromatic amines is 1. The zero-order valence-electron chi connectivity index (χ0n) is 17.1. The lowest BCUT2D eigenvalue weighted by atomic mass is 9.80. The summed E-state index contributed by atoms with van der Waals surface area (Å²) in [5.41, 5.74) is 8.00. The lowest BCUT2D eigenvalue weighted by molar-refractivity contribution is 0.400. The van der Waals surface area contributed by atoms with Crippen molar-refractivity contribution in [3.63, 3.8) is 0 Å². The zero-order valence-corrected chi connectivity index (χ0v) is 17.1. The van der Waals surface area contributed by atoms with Crippen molar-refractivity contribution in [1.29, 1.82) is 0 Å². The van der Waals surface area contributed by atoms with Crippen molar-refractivity contribution in [2.24, 2.45) is 0 Å². The summed E-state index contributed by atoms with van der Waals surface area (Å²) < 4.78 is 5.75. The summed E-state index contributed by atoms with van der Waals surface area (Å²) in [6, 6.07) is 13.5. The van der Waals surface area contributed by atoms with Gasteiger partial charge in [-0.3, -0.25) is 0 Å². The highest BCUT2D eigenvalue weighted by Crippen LogP contribution is 2.39. The SMILES string of the molecule is CCC(C)(C)c1ccc(OC)c(C2NCCc3c2[nH]c2ccc(C)cc32)c1. The van der Waals surface area contributed by atoms with Crippen LogP contribution in [-0.4, -0.2) is 18.6 Å². The average molecular weight is 363 g/mol. The van der Waals surface area contributed by atoms with Gasteiger partial charge >= 0.3 is 0 Å². The normalized spacial score (nSPS) is 17.1. The van der Waals surface area contributed by atoms with Crippen LogP contribution in [0, 0.1) is 6.92 Å². The summed E-state index contributed by atoms with van der Waals surface area (Å²) in [5, 5.41) is 5.09. The van der Waals surface area contributed by atoms with Crippen molar-refractivity contribution in [2.75, 3.05) is 13.7 Å². The first-order valence-corrected chi connectivity index (χ1v) is 9.97. The lowest BCUT2D eigenvalue weighted by Crippen LogP contribution is -2.31. The number of ether oxygens (including phenoxy) is 1. The van der Waals surface area contributed by atoms with E-state index < -0.39 is 0 Å². The maximum absolute atomic E-state index is 5.75. The van der Waals surface area contributed by atoms with Gasteiger partial charge in [-0.25, -0.2) is 0 Å². The van der Waals surface area contributed by atoms with Gasteiger partial charge < -0.3 is 15.0 Å². The van der Waals surface area contributed by atoms with E-state index in [-0.39, 0.29) is 11.5 Å². The van der Waals surface area contributed by atoms with Crippen molar-refractivity contribution >= 4 is 10.9 Å². The van der Waals surface area contributed by atoms with E-state index >= 15 is 0 Å². The Bertz CT molecular complexity index is 983. The van der Waals surface area contributed by atoms with E-state index in [0.29, 0.717) is 0 Å². The first-order chi connectivity index (χ1) is 12.9. The molecular formula is C24H30N2O. The van der Waals surface area contributed by atoms with Crippen LogP contribution in [0.15, 0.2) is 36.4 Å². The van der Waals surface area contributed by atoms with Gasteiger partial charge in [0.05, 0.1) is 13.2 Å². The molecule has 0 radical (unpaired) electrons. The molecule has 0 fully saturated rings. The van der Waals surface area contributed by atoms with Crippen molar-refractivity contribution < 1.29 is 4.74 Å². The molecule has 1 atom stereocenters. The molecule has 3 aromatic rings. The van der Waals surface area contributed by atoms with Crippen LogP contribution in [0.1, 0.15) is 61.2 Å². The van der Waals surface area contributed by atoms with Crippen LogP contribution in [0.5, 0.6) is 5.75 Å². The maximum atomic E-state index is 5.75. The van der Waals surface area contributed by atoms with Crippen LogP contribution in [0.3, 0.4) is 0 Å². The highest BCUT2D eigenvalue weighted by atomic mass is 16.5. The molecule has 4 rings (SSSR count). The summed E-state index contributed by atoms with van der Waals surface area (Å²) in [6.07, 6.45) is 2.16. The second-order valence-electron chi connectivity index (χ2n) is 8.40. The fourth-order valence-electron chi connectivity index (χ4n) is 4.19. The minimum atomic E-state index is 0.129. The van der Waals surface area contributed by atoms with E-state index in [4.69, 9.17) is 4.74 Å². The standard InChI is InChI=1S/C24H30N2O/c1-6-24(3,4)16-8-10-21(27-5)19(14-16)22-23-17(11-12-25-22)18-13-15(2)7-9-20(18)26-23/h7-10,13-14,22,25-26H,6,11-12H2,1-5H3. The molecule has 3 heteroatoms. The fourth-order valence-corrected chi connectivity index (χ4v) is 4.19. The smallest absolute Gasteiger partial charge is 0.124 e. The Morgan fingerprint density at radius 3 is 2.70 bits per heavy atom. The molecule has 0 amide bonds. The highest BCUT2D eigenvalue weighted by Gasteiger charge is 2.29. The Kier molecular flexibility index (Phi) is 4.51. The van der Waals surface area contributed by atoms with Gasteiger partial charge in [0.2, 0.25) is 0 Å². The number of fused-ring (bicyclic) bond motifs is 3. The summed E-state index contributed by atoms with van der Waals surface area (Å²) in [4.78, 5) is 3.70. The van der Waals surface area contributed by atoms with Crippen molar-refractivity contribution in [1.82, 2.24) is 10.3 Å². The molecule has 27 heavy (non-hydrogen) atoms. The molecule has 0 aliphatic carbocycles. The first kappa shape index (κ1) is 18.1. The number of methoxy groups -OCH3 is 1. The van der Waals surface area contributed by atoms with Gasteiger partial charge in [0.25, 0.3) is 0 Å². The third kappa shape index (κ3) is 3.04. The lowest BCUT2D eigenvalue weighted by Gasteiger charge is -2.29. The minimum Gasteiger partial charge on any atom is -0.496 e.